The van der Waals surface area contributed by atoms with Crippen LogP contribution < -0.4 is 0 Å². The number of nitrogens with zero attached hydrogens (tertiary/aromatic N) is 4. The average Bonchev–Trinajstić information content (AvgIpc) is 3.39. The van der Waals surface area contributed by atoms with Crippen molar-refractivity contribution in [2.45, 2.75) is 90.7 Å². The van der Waals surface area contributed by atoms with E-state index in [-0.39, 0.29) is 23.3 Å². The fraction of sp³-hybridized carbons (Fsp3) is 0.793. The number of ketones is 1. The van der Waals surface area contributed by atoms with Gasteiger partial charge in [0.15, 0.2) is 11.4 Å². The fourth-order valence-corrected chi connectivity index (χ4v) is 9.64. The Morgan fingerprint density at radius 3 is 2.78 bits per heavy atom. The van der Waals surface area contributed by atoms with Gasteiger partial charge in [-0.2, -0.15) is 0 Å². The third kappa shape index (κ3) is 3.67. The number of hydrogen-bond donors (Lipinski definition) is 1. The summed E-state index contributed by atoms with van der Waals surface area (Å²) in [4.78, 5) is 18.2. The Labute approximate surface area is 214 Å². The minimum Gasteiger partial charge on any atom is -0.390 e. The number of fused-ring (bicyclic) bond motifs is 6. The van der Waals surface area contributed by atoms with Gasteiger partial charge in [-0.1, -0.05) is 12.1 Å². The Morgan fingerprint density at radius 2 is 1.97 bits per heavy atom. The summed E-state index contributed by atoms with van der Waals surface area (Å²) in [6.45, 7) is 7.50. The number of hydrogen-bond acceptors (Lipinski definition) is 6. The lowest BCUT2D eigenvalue weighted by molar-refractivity contribution is -0.175. The minimum atomic E-state index is -0.540. The monoisotopic (exact) mass is 494 g/mol. The van der Waals surface area contributed by atoms with Crippen molar-refractivity contribution in [2.75, 3.05) is 13.7 Å². The minimum absolute atomic E-state index is 0.0555. The van der Waals surface area contributed by atoms with E-state index in [0.717, 1.165) is 56.2 Å². The van der Waals surface area contributed by atoms with Crippen LogP contribution in [-0.2, 0) is 16.1 Å². The van der Waals surface area contributed by atoms with E-state index in [1.54, 1.807) is 4.68 Å². The second kappa shape index (κ2) is 8.59. The van der Waals surface area contributed by atoms with Gasteiger partial charge in [0.2, 0.25) is 0 Å². The number of aryl methyl sites for hydroxylation is 1. The van der Waals surface area contributed by atoms with Gasteiger partial charge < -0.3 is 9.84 Å². The summed E-state index contributed by atoms with van der Waals surface area (Å²) >= 11 is 0. The summed E-state index contributed by atoms with van der Waals surface area (Å²) in [6.07, 6.45) is 11.5. The van der Waals surface area contributed by atoms with Crippen molar-refractivity contribution in [1.29, 1.82) is 0 Å². The number of Topliss-reactive ketones (excluding diaryl/α,β-unsaturated/α-hetero) is 1. The Morgan fingerprint density at radius 1 is 1.14 bits per heavy atom. The van der Waals surface area contributed by atoms with Gasteiger partial charge in [0, 0.05) is 19.2 Å². The quantitative estimate of drug-likeness (QED) is 0.646. The van der Waals surface area contributed by atoms with E-state index in [1.165, 1.54) is 19.3 Å². The zero-order valence-electron chi connectivity index (χ0n) is 22.4. The molecule has 7 nitrogen and oxygen atoms in total. The zero-order chi connectivity index (χ0) is 25.3. The molecule has 4 fully saturated rings. The Balaban J connectivity index is 1.23. The molecule has 1 N–H and O–H groups in total. The highest BCUT2D eigenvalue weighted by Gasteiger charge is 2.63. The molecule has 196 valence electrons. The molecule has 4 saturated carbocycles. The van der Waals surface area contributed by atoms with Crippen LogP contribution in [0.5, 0.6) is 0 Å². The SMILES string of the molecule is COC[C@]12CC[C@@](C)(O)C[C@@H]1CC[C@H]1[C@@H]3CC[C@H](C(=O)Cn4nnc5cc(C)cnc54)[C@@]3(C)CC[C@@H]12. The summed E-state index contributed by atoms with van der Waals surface area (Å²) in [5.41, 5.74) is 2.20. The lowest BCUT2D eigenvalue weighted by atomic mass is 9.43. The van der Waals surface area contributed by atoms with Crippen molar-refractivity contribution in [3.63, 3.8) is 0 Å². The van der Waals surface area contributed by atoms with Gasteiger partial charge in [-0.15, -0.1) is 5.10 Å². The van der Waals surface area contributed by atoms with Crippen molar-refractivity contribution in [3.05, 3.63) is 17.8 Å². The molecule has 0 unspecified atom stereocenters. The third-order valence-corrected chi connectivity index (χ3v) is 11.2. The molecule has 36 heavy (non-hydrogen) atoms. The molecule has 8 atom stereocenters. The maximum Gasteiger partial charge on any atom is 0.178 e. The van der Waals surface area contributed by atoms with Gasteiger partial charge in [-0.05, 0) is 118 Å². The Hall–Kier alpha value is -1.86. The predicted octanol–water partition coefficient (Wildman–Crippen LogP) is 4.74. The number of carbonyl (C=O) groups is 1. The number of aliphatic hydroxyl groups is 1. The number of carbonyl (C=O) groups excluding carboxylic acids is 1. The molecule has 2 aromatic rings. The van der Waals surface area contributed by atoms with Crippen LogP contribution in [0.2, 0.25) is 0 Å². The molecule has 4 aliphatic carbocycles. The molecule has 2 aromatic heterocycles. The van der Waals surface area contributed by atoms with Gasteiger partial charge in [0.1, 0.15) is 12.1 Å². The van der Waals surface area contributed by atoms with E-state index >= 15 is 0 Å². The topological polar surface area (TPSA) is 90.1 Å². The summed E-state index contributed by atoms with van der Waals surface area (Å²) < 4.78 is 7.60. The molecule has 0 saturated heterocycles. The van der Waals surface area contributed by atoms with Gasteiger partial charge >= 0.3 is 0 Å². The molecule has 7 heteroatoms. The largest absolute Gasteiger partial charge is 0.390 e. The van der Waals surface area contributed by atoms with Crippen molar-refractivity contribution >= 4 is 16.9 Å². The number of methoxy groups -OCH3 is 1. The van der Waals surface area contributed by atoms with Crippen LogP contribution >= 0.6 is 0 Å². The first kappa shape index (κ1) is 24.5. The molecule has 6 rings (SSSR count). The van der Waals surface area contributed by atoms with Gasteiger partial charge in [-0.25, -0.2) is 9.67 Å². The zero-order valence-corrected chi connectivity index (χ0v) is 22.4. The van der Waals surface area contributed by atoms with Crippen LogP contribution in [0.25, 0.3) is 11.2 Å². The third-order valence-electron chi connectivity index (χ3n) is 11.2. The lowest BCUT2D eigenvalue weighted by Gasteiger charge is -2.62. The highest BCUT2D eigenvalue weighted by atomic mass is 16.5. The summed E-state index contributed by atoms with van der Waals surface area (Å²) in [5.74, 6) is 2.81. The maximum atomic E-state index is 13.7. The maximum absolute atomic E-state index is 13.7. The van der Waals surface area contributed by atoms with Crippen LogP contribution in [-0.4, -0.2) is 50.2 Å². The number of rotatable bonds is 5. The number of pyridine rings is 1. The Kier molecular flexibility index (Phi) is 5.84. The second-order valence-electron chi connectivity index (χ2n) is 13.3. The molecular formula is C29H42N4O3. The van der Waals surface area contributed by atoms with Gasteiger partial charge in [-0.3, -0.25) is 4.79 Å². The van der Waals surface area contributed by atoms with Crippen LogP contribution in [0.4, 0.5) is 0 Å². The number of ether oxygens (including phenoxy) is 1. The first-order valence-electron chi connectivity index (χ1n) is 14.1. The molecule has 4 aliphatic rings. The summed E-state index contributed by atoms with van der Waals surface area (Å²) in [5, 5.41) is 19.4. The second-order valence-corrected chi connectivity index (χ2v) is 13.3. The molecule has 0 radical (unpaired) electrons. The Bertz CT molecular complexity index is 1160. The summed E-state index contributed by atoms with van der Waals surface area (Å²) in [6, 6.07) is 1.97. The molecule has 0 bridgehead atoms. The highest BCUT2D eigenvalue weighted by molar-refractivity contribution is 5.83. The molecule has 2 heterocycles. The van der Waals surface area contributed by atoms with Crippen LogP contribution in [0.3, 0.4) is 0 Å². The normalized spacial score (nSPS) is 42.1. The lowest BCUT2D eigenvalue weighted by Crippen LogP contribution is -2.58. The fourth-order valence-electron chi connectivity index (χ4n) is 9.64. The first-order chi connectivity index (χ1) is 17.2. The standard InChI is InChI=1S/C29H42N4O3/c1-18-13-24-26(30-15-18)33(32-31-24)16-25(34)23-8-7-21-20-6-5-19-14-27(2,35)11-12-29(19,17-36-4)22(20)9-10-28(21,23)3/h13,15,19-23,35H,5-12,14,16-17H2,1-4H3/t19-,20-,21-,22-,23+,27+,28-,29+/m0/s1. The van der Waals surface area contributed by atoms with Gasteiger partial charge in [0.25, 0.3) is 0 Å². The van der Waals surface area contributed by atoms with E-state index in [4.69, 9.17) is 4.74 Å². The van der Waals surface area contributed by atoms with Crippen molar-refractivity contribution in [3.8, 4) is 0 Å². The van der Waals surface area contributed by atoms with E-state index < -0.39 is 5.60 Å². The summed E-state index contributed by atoms with van der Waals surface area (Å²) in [7, 11) is 1.85. The molecular weight excluding hydrogens is 452 g/mol. The average molecular weight is 495 g/mol. The van der Waals surface area contributed by atoms with Crippen LogP contribution in [0.15, 0.2) is 12.3 Å². The van der Waals surface area contributed by atoms with E-state index in [2.05, 4.69) is 22.2 Å². The van der Waals surface area contributed by atoms with Crippen LogP contribution in [0.1, 0.15) is 77.2 Å². The van der Waals surface area contributed by atoms with E-state index in [0.29, 0.717) is 35.1 Å². The highest BCUT2D eigenvalue weighted by Crippen LogP contribution is 2.68. The molecule has 0 spiro atoms. The first-order valence-corrected chi connectivity index (χ1v) is 14.1. The predicted molar refractivity (Wildman–Crippen MR) is 137 cm³/mol. The van der Waals surface area contributed by atoms with E-state index in [1.807, 2.05) is 33.2 Å². The van der Waals surface area contributed by atoms with Gasteiger partial charge in [0.05, 0.1) is 12.2 Å². The van der Waals surface area contributed by atoms with Crippen molar-refractivity contribution < 1.29 is 14.6 Å². The molecule has 0 aliphatic heterocycles. The van der Waals surface area contributed by atoms with Crippen LogP contribution in [0, 0.1) is 47.3 Å². The van der Waals surface area contributed by atoms with Crippen molar-refractivity contribution in [2.24, 2.45) is 40.4 Å². The molecule has 0 amide bonds. The smallest absolute Gasteiger partial charge is 0.178 e. The molecule has 0 aromatic carbocycles. The number of aromatic nitrogens is 4. The van der Waals surface area contributed by atoms with Crippen molar-refractivity contribution in [1.82, 2.24) is 20.0 Å². The van der Waals surface area contributed by atoms with E-state index in [9.17, 15) is 9.90 Å².